The van der Waals surface area contributed by atoms with Crippen molar-refractivity contribution in [3.05, 3.63) is 53.1 Å². The van der Waals surface area contributed by atoms with Crippen LogP contribution in [0, 0.1) is 6.92 Å². The Bertz CT molecular complexity index is 758. The lowest BCUT2D eigenvalue weighted by atomic mass is 10.1. The van der Waals surface area contributed by atoms with Crippen molar-refractivity contribution in [3.63, 3.8) is 0 Å². The molecule has 5 heteroatoms. The van der Waals surface area contributed by atoms with Gasteiger partial charge in [-0.2, -0.15) is 0 Å². The first kappa shape index (κ1) is 19.6. The summed E-state index contributed by atoms with van der Waals surface area (Å²) in [6.07, 6.45) is 0. The molecule has 1 atom stereocenters. The maximum Gasteiger partial charge on any atom is 0.251 e. The van der Waals surface area contributed by atoms with Crippen molar-refractivity contribution in [1.82, 2.24) is 5.32 Å². The Kier molecular flexibility index (Phi) is 6.89. The smallest absolute Gasteiger partial charge is 0.251 e. The molecular weight excluding hydrogens is 330 g/mol. The Morgan fingerprint density at radius 2 is 1.69 bits per heavy atom. The topological polar surface area (TPSA) is 56.8 Å². The van der Waals surface area contributed by atoms with Gasteiger partial charge in [0.25, 0.3) is 5.91 Å². The summed E-state index contributed by atoms with van der Waals surface area (Å²) in [5.74, 6) is 1.94. The molecule has 1 N–H and O–H groups in total. The lowest BCUT2D eigenvalue weighted by Gasteiger charge is -2.18. The van der Waals surface area contributed by atoms with Gasteiger partial charge in [0.2, 0.25) is 0 Å². The third-order valence-corrected chi connectivity index (χ3v) is 4.09. The van der Waals surface area contributed by atoms with Gasteiger partial charge < -0.3 is 19.5 Å². The molecule has 1 unspecified atom stereocenters. The van der Waals surface area contributed by atoms with Crippen LogP contribution in [0.5, 0.6) is 17.2 Å². The van der Waals surface area contributed by atoms with Gasteiger partial charge in [0.05, 0.1) is 26.4 Å². The highest BCUT2D eigenvalue weighted by molar-refractivity contribution is 5.95. The highest BCUT2D eigenvalue weighted by Gasteiger charge is 2.15. The fourth-order valence-corrected chi connectivity index (χ4v) is 2.66. The molecule has 0 bridgehead atoms. The van der Waals surface area contributed by atoms with E-state index in [2.05, 4.69) is 5.32 Å². The van der Waals surface area contributed by atoms with Crippen LogP contribution in [0.3, 0.4) is 0 Å². The Balaban J connectivity index is 2.17. The molecule has 0 aliphatic carbocycles. The maximum absolute atomic E-state index is 12.6. The first-order chi connectivity index (χ1) is 12.5. The fraction of sp³-hybridized carbons (Fsp3) is 0.381. The van der Waals surface area contributed by atoms with E-state index in [9.17, 15) is 4.79 Å². The number of amides is 1. The van der Waals surface area contributed by atoms with Gasteiger partial charge in [-0.05, 0) is 63.1 Å². The molecule has 0 aliphatic heterocycles. The van der Waals surface area contributed by atoms with Crippen molar-refractivity contribution < 1.29 is 19.0 Å². The molecule has 26 heavy (non-hydrogen) atoms. The standard InChI is InChI=1S/C21H27NO4/c1-6-25-18-11-10-16(12-20(18)26-7-2)15(4)22-21(23)17-9-8-14(3)19(13-17)24-5/h8-13,15H,6-7H2,1-5H3,(H,22,23). The summed E-state index contributed by atoms with van der Waals surface area (Å²) in [7, 11) is 1.60. The highest BCUT2D eigenvalue weighted by Crippen LogP contribution is 2.31. The van der Waals surface area contributed by atoms with Crippen molar-refractivity contribution in [2.75, 3.05) is 20.3 Å². The van der Waals surface area contributed by atoms with Crippen LogP contribution in [-0.2, 0) is 0 Å². The van der Waals surface area contributed by atoms with Gasteiger partial charge in [-0.15, -0.1) is 0 Å². The van der Waals surface area contributed by atoms with Crippen LogP contribution >= 0.6 is 0 Å². The lowest BCUT2D eigenvalue weighted by molar-refractivity contribution is 0.0939. The number of methoxy groups -OCH3 is 1. The summed E-state index contributed by atoms with van der Waals surface area (Å²) < 4.78 is 16.5. The molecule has 0 spiro atoms. The normalized spacial score (nSPS) is 11.6. The molecule has 0 aliphatic rings. The van der Waals surface area contributed by atoms with Crippen LogP contribution < -0.4 is 19.5 Å². The summed E-state index contributed by atoms with van der Waals surface area (Å²) in [6, 6.07) is 11.0. The minimum Gasteiger partial charge on any atom is -0.496 e. The summed E-state index contributed by atoms with van der Waals surface area (Å²) in [6.45, 7) is 8.86. The molecule has 0 aromatic heterocycles. The van der Waals surface area contributed by atoms with E-state index < -0.39 is 0 Å². The van der Waals surface area contributed by atoms with Crippen molar-refractivity contribution in [2.45, 2.75) is 33.7 Å². The minimum atomic E-state index is -0.176. The van der Waals surface area contributed by atoms with Crippen molar-refractivity contribution in [2.24, 2.45) is 0 Å². The predicted molar refractivity (Wildman–Crippen MR) is 102 cm³/mol. The Hall–Kier alpha value is -2.69. The summed E-state index contributed by atoms with van der Waals surface area (Å²) in [5.41, 5.74) is 2.50. The number of ether oxygens (including phenoxy) is 3. The van der Waals surface area contributed by atoms with E-state index in [-0.39, 0.29) is 11.9 Å². The van der Waals surface area contributed by atoms with Crippen molar-refractivity contribution >= 4 is 5.91 Å². The van der Waals surface area contributed by atoms with E-state index in [4.69, 9.17) is 14.2 Å². The molecule has 2 aromatic rings. The van der Waals surface area contributed by atoms with Crippen LogP contribution in [0.25, 0.3) is 0 Å². The average Bonchev–Trinajstić information content (AvgIpc) is 2.63. The average molecular weight is 357 g/mol. The molecule has 0 saturated heterocycles. The van der Waals surface area contributed by atoms with E-state index in [1.165, 1.54) is 0 Å². The Labute approximate surface area is 155 Å². The van der Waals surface area contributed by atoms with Crippen LogP contribution in [0.2, 0.25) is 0 Å². The van der Waals surface area contributed by atoms with Gasteiger partial charge in [0.15, 0.2) is 11.5 Å². The fourth-order valence-electron chi connectivity index (χ4n) is 2.66. The predicted octanol–water partition coefficient (Wildman–Crippen LogP) is 4.29. The number of rotatable bonds is 8. The van der Waals surface area contributed by atoms with Gasteiger partial charge in [0.1, 0.15) is 5.75 Å². The van der Waals surface area contributed by atoms with E-state index in [1.807, 2.05) is 52.0 Å². The molecule has 2 aromatic carbocycles. The summed E-state index contributed by atoms with van der Waals surface area (Å²) in [4.78, 5) is 12.6. The van der Waals surface area contributed by atoms with Gasteiger partial charge in [-0.3, -0.25) is 4.79 Å². The SMILES string of the molecule is CCOc1ccc(C(C)NC(=O)c2ccc(C)c(OC)c2)cc1OCC. The second kappa shape index (κ2) is 9.13. The number of hydrogen-bond donors (Lipinski definition) is 1. The molecule has 2 rings (SSSR count). The molecule has 0 fully saturated rings. The van der Waals surface area contributed by atoms with Gasteiger partial charge in [0, 0.05) is 5.56 Å². The Morgan fingerprint density at radius 1 is 1.00 bits per heavy atom. The second-order valence-corrected chi connectivity index (χ2v) is 5.95. The van der Waals surface area contributed by atoms with Crippen LogP contribution in [-0.4, -0.2) is 26.2 Å². The van der Waals surface area contributed by atoms with E-state index >= 15 is 0 Å². The second-order valence-electron chi connectivity index (χ2n) is 5.95. The van der Waals surface area contributed by atoms with Crippen molar-refractivity contribution in [3.8, 4) is 17.2 Å². The number of aryl methyl sites for hydroxylation is 1. The maximum atomic E-state index is 12.6. The van der Waals surface area contributed by atoms with Crippen molar-refractivity contribution in [1.29, 1.82) is 0 Å². The zero-order valence-corrected chi connectivity index (χ0v) is 16.1. The number of nitrogens with one attached hydrogen (secondary N) is 1. The van der Waals surface area contributed by atoms with Crippen LogP contribution in [0.4, 0.5) is 0 Å². The first-order valence-corrected chi connectivity index (χ1v) is 8.85. The number of carbonyl (C=O) groups is 1. The number of hydrogen-bond acceptors (Lipinski definition) is 4. The van der Waals surface area contributed by atoms with Gasteiger partial charge in [-0.1, -0.05) is 12.1 Å². The van der Waals surface area contributed by atoms with Crippen LogP contribution in [0.1, 0.15) is 48.3 Å². The monoisotopic (exact) mass is 357 g/mol. The molecular formula is C21H27NO4. The third-order valence-electron chi connectivity index (χ3n) is 4.09. The minimum absolute atomic E-state index is 0.150. The lowest BCUT2D eigenvalue weighted by Crippen LogP contribution is -2.26. The molecule has 0 radical (unpaired) electrons. The molecule has 140 valence electrons. The highest BCUT2D eigenvalue weighted by atomic mass is 16.5. The Morgan fingerprint density at radius 3 is 2.35 bits per heavy atom. The largest absolute Gasteiger partial charge is 0.496 e. The van der Waals surface area contributed by atoms with Gasteiger partial charge >= 0.3 is 0 Å². The van der Waals surface area contributed by atoms with E-state index in [0.717, 1.165) is 11.1 Å². The molecule has 5 nitrogen and oxygen atoms in total. The van der Waals surface area contributed by atoms with Gasteiger partial charge in [-0.25, -0.2) is 0 Å². The summed E-state index contributed by atoms with van der Waals surface area (Å²) >= 11 is 0. The summed E-state index contributed by atoms with van der Waals surface area (Å²) in [5, 5.41) is 3.01. The van der Waals surface area contributed by atoms with E-state index in [0.29, 0.717) is 36.0 Å². The molecule has 0 saturated carbocycles. The zero-order chi connectivity index (χ0) is 19.1. The van der Waals surface area contributed by atoms with E-state index in [1.54, 1.807) is 19.2 Å². The zero-order valence-electron chi connectivity index (χ0n) is 16.1. The number of benzene rings is 2. The van der Waals surface area contributed by atoms with Crippen LogP contribution in [0.15, 0.2) is 36.4 Å². The molecule has 0 heterocycles. The number of carbonyl (C=O) groups excluding carboxylic acids is 1. The molecule has 1 amide bonds. The third kappa shape index (κ3) is 4.69. The quantitative estimate of drug-likeness (QED) is 0.766. The first-order valence-electron chi connectivity index (χ1n) is 8.85.